The Bertz CT molecular complexity index is 340. The van der Waals surface area contributed by atoms with Crippen molar-refractivity contribution in [2.24, 2.45) is 0 Å². The van der Waals surface area contributed by atoms with Gasteiger partial charge in [0.25, 0.3) is 0 Å². The van der Waals surface area contributed by atoms with Crippen LogP contribution in [0.5, 0.6) is 0 Å². The van der Waals surface area contributed by atoms with Crippen LogP contribution in [0, 0.1) is 11.6 Å². The molecule has 0 unspecified atom stereocenters. The summed E-state index contributed by atoms with van der Waals surface area (Å²) in [5, 5.41) is 3.28. The van der Waals surface area contributed by atoms with Crippen LogP contribution < -0.4 is 5.32 Å². The second kappa shape index (κ2) is 7.35. The average Bonchev–Trinajstić information content (AvgIpc) is 2.27. The standard InChI is InChI=1S/C13H20F2N2/c1-17(2)9-3-7-16-8-6-11-4-5-12(14)13(15)10-11/h4-5,10,16H,3,6-9H2,1-2H3. The highest BCUT2D eigenvalue weighted by Crippen LogP contribution is 2.08. The fraction of sp³-hybridized carbons (Fsp3) is 0.538. The predicted octanol–water partition coefficient (Wildman–Crippen LogP) is 2.05. The van der Waals surface area contributed by atoms with E-state index in [1.54, 1.807) is 6.07 Å². The molecule has 0 bridgehead atoms. The molecule has 4 heteroatoms. The van der Waals surface area contributed by atoms with Crippen molar-refractivity contribution < 1.29 is 8.78 Å². The van der Waals surface area contributed by atoms with Crippen LogP contribution in [-0.2, 0) is 6.42 Å². The molecule has 0 spiro atoms. The molecule has 0 amide bonds. The first-order valence-electron chi connectivity index (χ1n) is 5.89. The molecule has 1 rings (SSSR count). The van der Waals surface area contributed by atoms with Gasteiger partial charge >= 0.3 is 0 Å². The van der Waals surface area contributed by atoms with Crippen molar-refractivity contribution in [3.8, 4) is 0 Å². The van der Waals surface area contributed by atoms with E-state index in [1.165, 1.54) is 12.1 Å². The van der Waals surface area contributed by atoms with E-state index in [9.17, 15) is 8.78 Å². The molecule has 0 fully saturated rings. The molecule has 0 heterocycles. The molecule has 0 saturated carbocycles. The van der Waals surface area contributed by atoms with Crippen molar-refractivity contribution in [2.75, 3.05) is 33.7 Å². The molecule has 0 aromatic heterocycles. The Balaban J connectivity index is 2.16. The summed E-state index contributed by atoms with van der Waals surface area (Å²) in [5.74, 6) is -1.55. The van der Waals surface area contributed by atoms with Crippen LogP contribution in [0.3, 0.4) is 0 Å². The molecule has 96 valence electrons. The first-order chi connectivity index (χ1) is 8.09. The number of halogens is 2. The zero-order valence-electron chi connectivity index (χ0n) is 10.5. The Kier molecular flexibility index (Phi) is 6.08. The lowest BCUT2D eigenvalue weighted by molar-refractivity contribution is 0.395. The smallest absolute Gasteiger partial charge is 0.159 e. The number of hydrogen-bond acceptors (Lipinski definition) is 2. The van der Waals surface area contributed by atoms with Gasteiger partial charge in [-0.2, -0.15) is 0 Å². The van der Waals surface area contributed by atoms with Gasteiger partial charge in [-0.1, -0.05) is 6.07 Å². The third-order valence-corrected chi connectivity index (χ3v) is 2.53. The minimum absolute atomic E-state index is 0.721. The van der Waals surface area contributed by atoms with E-state index in [1.807, 2.05) is 14.1 Å². The van der Waals surface area contributed by atoms with Crippen molar-refractivity contribution in [2.45, 2.75) is 12.8 Å². The summed E-state index contributed by atoms with van der Waals surface area (Å²) in [5.41, 5.74) is 0.823. The number of rotatable bonds is 7. The second-order valence-corrected chi connectivity index (χ2v) is 4.41. The minimum atomic E-state index is -0.785. The lowest BCUT2D eigenvalue weighted by Gasteiger charge is -2.09. The first-order valence-corrected chi connectivity index (χ1v) is 5.89. The van der Waals surface area contributed by atoms with E-state index < -0.39 is 11.6 Å². The average molecular weight is 242 g/mol. The molecular weight excluding hydrogens is 222 g/mol. The maximum atomic E-state index is 12.9. The molecule has 0 radical (unpaired) electrons. The molecule has 2 nitrogen and oxygen atoms in total. The van der Waals surface area contributed by atoms with Crippen LogP contribution in [0.4, 0.5) is 8.78 Å². The van der Waals surface area contributed by atoms with E-state index >= 15 is 0 Å². The van der Waals surface area contributed by atoms with Gasteiger partial charge in [0, 0.05) is 0 Å². The normalized spacial score (nSPS) is 11.1. The zero-order valence-corrected chi connectivity index (χ0v) is 10.5. The molecule has 0 aliphatic carbocycles. The fourth-order valence-electron chi connectivity index (χ4n) is 1.57. The lowest BCUT2D eigenvalue weighted by atomic mass is 10.1. The van der Waals surface area contributed by atoms with E-state index in [2.05, 4.69) is 10.2 Å². The van der Waals surface area contributed by atoms with Gasteiger partial charge in [-0.05, 0) is 64.3 Å². The molecule has 17 heavy (non-hydrogen) atoms. The van der Waals surface area contributed by atoms with E-state index in [-0.39, 0.29) is 0 Å². The SMILES string of the molecule is CN(C)CCCNCCc1ccc(F)c(F)c1. The van der Waals surface area contributed by atoms with Gasteiger partial charge in [-0.25, -0.2) is 8.78 Å². The summed E-state index contributed by atoms with van der Waals surface area (Å²) in [6.07, 6.45) is 1.81. The highest BCUT2D eigenvalue weighted by Gasteiger charge is 2.01. The molecule has 0 aliphatic rings. The van der Waals surface area contributed by atoms with Crippen molar-refractivity contribution in [3.05, 3.63) is 35.4 Å². The van der Waals surface area contributed by atoms with Crippen LogP contribution in [0.2, 0.25) is 0 Å². The van der Waals surface area contributed by atoms with Gasteiger partial charge in [-0.15, -0.1) is 0 Å². The summed E-state index contributed by atoms with van der Waals surface area (Å²) in [6.45, 7) is 2.79. The topological polar surface area (TPSA) is 15.3 Å². The number of hydrogen-bond donors (Lipinski definition) is 1. The summed E-state index contributed by atoms with van der Waals surface area (Å²) in [4.78, 5) is 2.14. The molecule has 0 atom stereocenters. The summed E-state index contributed by atoms with van der Waals surface area (Å²) >= 11 is 0. The number of nitrogens with zero attached hydrogens (tertiary/aromatic N) is 1. The van der Waals surface area contributed by atoms with Gasteiger partial charge in [0.15, 0.2) is 11.6 Å². The lowest BCUT2D eigenvalue weighted by Crippen LogP contribution is -2.23. The molecule has 1 aromatic carbocycles. The Hall–Kier alpha value is -1.00. The van der Waals surface area contributed by atoms with E-state index in [0.29, 0.717) is 0 Å². The molecule has 1 aromatic rings. The fourth-order valence-corrected chi connectivity index (χ4v) is 1.57. The third kappa shape index (κ3) is 5.75. The maximum absolute atomic E-state index is 12.9. The largest absolute Gasteiger partial charge is 0.316 e. The van der Waals surface area contributed by atoms with Crippen molar-refractivity contribution in [3.63, 3.8) is 0 Å². The molecular formula is C13H20F2N2. The maximum Gasteiger partial charge on any atom is 0.159 e. The van der Waals surface area contributed by atoms with Crippen molar-refractivity contribution >= 4 is 0 Å². The number of nitrogens with one attached hydrogen (secondary N) is 1. The Morgan fingerprint density at radius 3 is 2.53 bits per heavy atom. The second-order valence-electron chi connectivity index (χ2n) is 4.41. The van der Waals surface area contributed by atoms with E-state index in [0.717, 1.165) is 38.0 Å². The van der Waals surface area contributed by atoms with Gasteiger partial charge < -0.3 is 10.2 Å². The van der Waals surface area contributed by atoms with Gasteiger partial charge in [0.1, 0.15) is 0 Å². The van der Waals surface area contributed by atoms with Crippen LogP contribution in [0.1, 0.15) is 12.0 Å². The summed E-state index contributed by atoms with van der Waals surface area (Å²) < 4.78 is 25.6. The number of benzene rings is 1. The highest BCUT2D eigenvalue weighted by molar-refractivity contribution is 5.17. The van der Waals surface area contributed by atoms with Crippen molar-refractivity contribution in [1.29, 1.82) is 0 Å². The minimum Gasteiger partial charge on any atom is -0.316 e. The Morgan fingerprint density at radius 2 is 1.88 bits per heavy atom. The van der Waals surface area contributed by atoms with Gasteiger partial charge in [-0.3, -0.25) is 0 Å². The predicted molar refractivity (Wildman–Crippen MR) is 66.1 cm³/mol. The van der Waals surface area contributed by atoms with Crippen molar-refractivity contribution in [1.82, 2.24) is 10.2 Å². The van der Waals surface area contributed by atoms with Crippen LogP contribution in [0.25, 0.3) is 0 Å². The quantitative estimate of drug-likeness (QED) is 0.736. The summed E-state index contributed by atoms with van der Waals surface area (Å²) in [6, 6.07) is 4.06. The molecule has 0 saturated heterocycles. The Morgan fingerprint density at radius 1 is 1.12 bits per heavy atom. The first kappa shape index (κ1) is 14.1. The third-order valence-electron chi connectivity index (χ3n) is 2.53. The van der Waals surface area contributed by atoms with Crippen LogP contribution in [-0.4, -0.2) is 38.6 Å². The summed E-state index contributed by atoms with van der Waals surface area (Å²) in [7, 11) is 4.09. The molecule has 0 aliphatic heterocycles. The van der Waals surface area contributed by atoms with Crippen LogP contribution >= 0.6 is 0 Å². The van der Waals surface area contributed by atoms with Gasteiger partial charge in [0.05, 0.1) is 0 Å². The molecule has 1 N–H and O–H groups in total. The zero-order chi connectivity index (χ0) is 12.7. The van der Waals surface area contributed by atoms with E-state index in [4.69, 9.17) is 0 Å². The van der Waals surface area contributed by atoms with Crippen LogP contribution in [0.15, 0.2) is 18.2 Å². The van der Waals surface area contributed by atoms with Gasteiger partial charge in [0.2, 0.25) is 0 Å². The monoisotopic (exact) mass is 242 g/mol. The highest BCUT2D eigenvalue weighted by atomic mass is 19.2. The Labute approximate surface area is 102 Å².